The molecule has 10 heteroatoms. The maximum Gasteiger partial charge on any atom is 0.333 e. The van der Waals surface area contributed by atoms with Crippen molar-refractivity contribution in [2.24, 2.45) is 29.1 Å². The number of carbonyl (C=O) groups is 1. The smallest absolute Gasteiger partial charge is 0.333 e. The Bertz CT molecular complexity index is 1220. The third-order valence-corrected chi connectivity index (χ3v) is 14.1. The molecule has 7 fully saturated rings. The molecule has 3 heterocycles. The molecule has 3 aliphatic heterocycles. The fourth-order valence-electron chi connectivity index (χ4n) is 11.8. The van der Waals surface area contributed by atoms with Crippen molar-refractivity contribution in [1.29, 1.82) is 0 Å². The van der Waals surface area contributed by atoms with Crippen molar-refractivity contribution in [2.45, 2.75) is 138 Å². The van der Waals surface area contributed by atoms with Crippen LogP contribution in [-0.4, -0.2) is 107 Å². The van der Waals surface area contributed by atoms with Gasteiger partial charge in [0.25, 0.3) is 0 Å². The molecule has 42 heavy (non-hydrogen) atoms. The molecule has 7 aliphatic rings. The normalized spacial score (nSPS) is 60.3. The number of fused-ring (bicyclic) bond motifs is 5. The lowest BCUT2D eigenvalue weighted by molar-refractivity contribution is -0.354. The second kappa shape index (κ2) is 8.57. The van der Waals surface area contributed by atoms with Crippen molar-refractivity contribution >= 4 is 5.97 Å². The van der Waals surface area contributed by atoms with E-state index in [1.807, 2.05) is 6.92 Å². The summed E-state index contributed by atoms with van der Waals surface area (Å²) in [5.41, 5.74) is -8.96. The van der Waals surface area contributed by atoms with Crippen molar-refractivity contribution in [2.75, 3.05) is 13.1 Å². The Morgan fingerprint density at radius 1 is 0.952 bits per heavy atom. The summed E-state index contributed by atoms with van der Waals surface area (Å²) in [6, 6.07) is -0.387. The summed E-state index contributed by atoms with van der Waals surface area (Å²) < 4.78 is 12.6. The third-order valence-electron chi connectivity index (χ3n) is 14.1. The van der Waals surface area contributed by atoms with Crippen molar-refractivity contribution in [3.05, 3.63) is 11.6 Å². The van der Waals surface area contributed by atoms with E-state index in [4.69, 9.17) is 9.47 Å². The molecule has 0 radical (unpaired) electrons. The number of ether oxygens (including phenoxy) is 2. The van der Waals surface area contributed by atoms with Gasteiger partial charge in [-0.25, -0.2) is 4.79 Å². The minimum absolute atomic E-state index is 0.0606. The highest BCUT2D eigenvalue weighted by Crippen LogP contribution is 2.78. The van der Waals surface area contributed by atoms with E-state index in [1.54, 1.807) is 26.8 Å². The number of rotatable bonds is 2. The van der Waals surface area contributed by atoms with Crippen LogP contribution in [0.2, 0.25) is 0 Å². The number of esters is 1. The quantitative estimate of drug-likeness (QED) is 0.202. The lowest BCUT2D eigenvalue weighted by Crippen LogP contribution is -2.85. The predicted molar refractivity (Wildman–Crippen MR) is 150 cm³/mol. The largest absolute Gasteiger partial charge is 0.453 e. The van der Waals surface area contributed by atoms with Crippen LogP contribution >= 0.6 is 0 Å². The zero-order chi connectivity index (χ0) is 30.5. The summed E-state index contributed by atoms with van der Waals surface area (Å²) in [5, 5.41) is 73.9. The van der Waals surface area contributed by atoms with Crippen LogP contribution in [0, 0.1) is 29.1 Å². The van der Waals surface area contributed by atoms with Crippen LogP contribution in [0.3, 0.4) is 0 Å². The molecule has 1 spiro atoms. The summed E-state index contributed by atoms with van der Waals surface area (Å²) in [6.45, 7) is 10.1. The summed E-state index contributed by atoms with van der Waals surface area (Å²) >= 11 is 0. The molecule has 0 amide bonds. The van der Waals surface area contributed by atoms with E-state index in [0.717, 1.165) is 6.42 Å². The van der Waals surface area contributed by atoms with Gasteiger partial charge in [-0.05, 0) is 65.2 Å². The SMILES string of the molecule is C/C=C(\C)C(=O)O[C@H]1CC[C@@]2(C)[C@@H]3CC[C@H]4[C@]5(O)C[C@H](O)[C@]6(O)[C@H](CN7C[C@@H](C)CC[C@H]7[C@@]6(C)O)[C@@]5(O)C[C@@]42O[C@]13O. The van der Waals surface area contributed by atoms with Crippen LogP contribution in [0.1, 0.15) is 86.0 Å². The van der Waals surface area contributed by atoms with Crippen LogP contribution in [0.25, 0.3) is 0 Å². The first-order chi connectivity index (χ1) is 19.5. The molecule has 0 unspecified atom stereocenters. The van der Waals surface area contributed by atoms with Gasteiger partial charge in [0, 0.05) is 60.7 Å². The molecule has 10 nitrogen and oxygen atoms in total. The molecular weight excluding hydrogens is 542 g/mol. The van der Waals surface area contributed by atoms with Gasteiger partial charge in [0.15, 0.2) is 6.10 Å². The average molecular weight is 592 g/mol. The average Bonchev–Trinajstić information content (AvgIpc) is 3.09. The van der Waals surface area contributed by atoms with Crippen molar-refractivity contribution < 1.29 is 44.9 Å². The van der Waals surface area contributed by atoms with Crippen molar-refractivity contribution in [1.82, 2.24) is 4.90 Å². The Labute approximate surface area is 247 Å². The summed E-state index contributed by atoms with van der Waals surface area (Å²) in [6.07, 6.45) is 2.30. The van der Waals surface area contributed by atoms with Crippen LogP contribution in [-0.2, 0) is 14.3 Å². The van der Waals surface area contributed by atoms with Crippen LogP contribution in [0.15, 0.2) is 11.6 Å². The number of piperidine rings is 2. The number of aliphatic hydroxyl groups excluding tert-OH is 1. The van der Waals surface area contributed by atoms with E-state index in [0.29, 0.717) is 50.1 Å². The minimum Gasteiger partial charge on any atom is -0.453 e. The van der Waals surface area contributed by atoms with Gasteiger partial charge < -0.3 is 40.1 Å². The molecule has 4 saturated carbocycles. The topological polar surface area (TPSA) is 160 Å². The number of carbonyl (C=O) groups excluding carboxylic acids is 1. The Kier molecular flexibility index (Phi) is 6.04. The zero-order valence-electron chi connectivity index (χ0n) is 25.5. The Balaban J connectivity index is 1.32. The molecule has 4 aliphatic carbocycles. The third kappa shape index (κ3) is 3.07. The minimum atomic E-state index is -2.06. The predicted octanol–water partition coefficient (Wildman–Crippen LogP) is 0.991. The number of hydrogen-bond donors (Lipinski definition) is 6. The maximum atomic E-state index is 12.9. The highest BCUT2D eigenvalue weighted by atomic mass is 16.7. The van der Waals surface area contributed by atoms with E-state index >= 15 is 0 Å². The van der Waals surface area contributed by atoms with E-state index < -0.39 is 75.1 Å². The molecule has 236 valence electrons. The van der Waals surface area contributed by atoms with Crippen molar-refractivity contribution in [3.63, 3.8) is 0 Å². The van der Waals surface area contributed by atoms with Gasteiger partial charge in [-0.2, -0.15) is 0 Å². The Hall–Kier alpha value is -1.11. The van der Waals surface area contributed by atoms with Crippen LogP contribution in [0.4, 0.5) is 0 Å². The molecular formula is C32H49NO9. The first kappa shape index (κ1) is 29.6. The first-order valence-electron chi connectivity index (χ1n) is 16.0. The maximum absolute atomic E-state index is 12.9. The molecule has 0 aromatic carbocycles. The summed E-state index contributed by atoms with van der Waals surface area (Å²) in [4.78, 5) is 14.9. The molecule has 3 saturated heterocycles. The highest BCUT2D eigenvalue weighted by Gasteiger charge is 2.88. The lowest BCUT2D eigenvalue weighted by Gasteiger charge is -2.68. The second-order valence-electron chi connectivity index (χ2n) is 15.7. The van der Waals surface area contributed by atoms with Crippen LogP contribution < -0.4 is 0 Å². The van der Waals surface area contributed by atoms with Gasteiger partial charge in [0.2, 0.25) is 5.79 Å². The fourth-order valence-corrected chi connectivity index (χ4v) is 11.8. The van der Waals surface area contributed by atoms with Gasteiger partial charge in [0.05, 0.1) is 11.7 Å². The van der Waals surface area contributed by atoms with Gasteiger partial charge in [-0.15, -0.1) is 0 Å². The van der Waals surface area contributed by atoms with E-state index in [-0.39, 0.29) is 25.4 Å². The molecule has 4 bridgehead atoms. The molecule has 6 N–H and O–H groups in total. The highest BCUT2D eigenvalue weighted by molar-refractivity contribution is 5.87. The summed E-state index contributed by atoms with van der Waals surface area (Å²) in [7, 11) is 0. The Morgan fingerprint density at radius 2 is 1.64 bits per heavy atom. The van der Waals surface area contributed by atoms with E-state index in [9.17, 15) is 35.4 Å². The van der Waals surface area contributed by atoms with Crippen LogP contribution in [0.5, 0.6) is 0 Å². The second-order valence-corrected chi connectivity index (χ2v) is 15.7. The van der Waals surface area contributed by atoms with E-state index in [2.05, 4.69) is 11.8 Å². The standard InChI is InChI=1S/C32H49NO9/c1-6-18(3)25(35)41-24-11-12-26(4)19-8-9-20-28(37)13-23(34)31(39)21(29(28,38)16-30(20,26)42-32(19,24)40)15-33-14-17(2)7-10-22(33)27(31,5)36/h6,17,19-24,34,36-40H,7-16H2,1-5H3/b18-6+/t17-,19-,20-,21+,22-,23-,24-,26-,27+,28+,29-,30+,31+,32-/m0/s1. The fraction of sp³-hybridized carbons (Fsp3) is 0.906. The summed E-state index contributed by atoms with van der Waals surface area (Å²) in [5.74, 6) is -4.05. The van der Waals surface area contributed by atoms with Gasteiger partial charge in [0.1, 0.15) is 22.4 Å². The van der Waals surface area contributed by atoms with Crippen molar-refractivity contribution in [3.8, 4) is 0 Å². The monoisotopic (exact) mass is 591 g/mol. The van der Waals surface area contributed by atoms with Gasteiger partial charge >= 0.3 is 5.97 Å². The van der Waals surface area contributed by atoms with Gasteiger partial charge in [-0.3, -0.25) is 4.90 Å². The molecule has 0 aromatic heterocycles. The van der Waals surface area contributed by atoms with Gasteiger partial charge in [-0.1, -0.05) is 19.9 Å². The molecule has 14 atom stereocenters. The van der Waals surface area contributed by atoms with E-state index in [1.165, 1.54) is 0 Å². The number of hydrogen-bond acceptors (Lipinski definition) is 10. The molecule has 0 aromatic rings. The zero-order valence-corrected chi connectivity index (χ0v) is 25.5. The Morgan fingerprint density at radius 3 is 2.33 bits per heavy atom. The number of aliphatic hydroxyl groups is 6. The molecule has 7 rings (SSSR count). The first-order valence-corrected chi connectivity index (χ1v) is 16.0. The number of nitrogens with zero attached hydrogens (tertiary/aromatic N) is 1. The number of allylic oxidation sites excluding steroid dienone is 1. The lowest BCUT2D eigenvalue weighted by atomic mass is 9.49.